The predicted octanol–water partition coefficient (Wildman–Crippen LogP) is 1.21. The van der Waals surface area contributed by atoms with Crippen molar-refractivity contribution in [3.05, 3.63) is 18.4 Å². The van der Waals surface area contributed by atoms with E-state index in [0.29, 0.717) is 6.04 Å². The fourth-order valence-electron chi connectivity index (χ4n) is 1.66. The van der Waals surface area contributed by atoms with Gasteiger partial charge in [0.1, 0.15) is 0 Å². The van der Waals surface area contributed by atoms with E-state index in [2.05, 4.69) is 4.90 Å². The molecule has 1 atom stereocenters. The number of hydrogen-bond donors (Lipinski definition) is 1. The van der Waals surface area contributed by atoms with Crippen molar-refractivity contribution in [1.82, 2.24) is 0 Å². The quantitative estimate of drug-likeness (QED) is 0.681. The van der Waals surface area contributed by atoms with Crippen molar-refractivity contribution >= 4 is 5.88 Å². The summed E-state index contributed by atoms with van der Waals surface area (Å²) in [5.41, 5.74) is 5.85. The first-order chi connectivity index (χ1) is 5.86. The summed E-state index contributed by atoms with van der Waals surface area (Å²) in [7, 11) is 0. The smallest absolute Gasteiger partial charge is 0.195 e. The van der Waals surface area contributed by atoms with Gasteiger partial charge in [0, 0.05) is 25.2 Å². The molecule has 0 saturated carbocycles. The van der Waals surface area contributed by atoms with Crippen LogP contribution in [0.15, 0.2) is 22.8 Å². The van der Waals surface area contributed by atoms with Crippen LogP contribution in [-0.2, 0) is 0 Å². The standard InChI is InChI=1S/C9H14N2O/c10-8-3-1-5-11(7-8)9-4-2-6-12-9/h2,4,6,8H,1,3,5,7,10H2. The van der Waals surface area contributed by atoms with E-state index in [0.717, 1.165) is 25.4 Å². The minimum atomic E-state index is 0.309. The summed E-state index contributed by atoms with van der Waals surface area (Å²) in [5.74, 6) is 0.949. The van der Waals surface area contributed by atoms with Crippen LogP contribution in [0.4, 0.5) is 5.88 Å². The van der Waals surface area contributed by atoms with Gasteiger partial charge in [-0.05, 0) is 18.9 Å². The number of piperidine rings is 1. The first-order valence-corrected chi connectivity index (χ1v) is 4.40. The second-order valence-electron chi connectivity index (χ2n) is 3.30. The molecule has 1 saturated heterocycles. The Bertz CT molecular complexity index is 233. The molecule has 0 amide bonds. The highest BCUT2D eigenvalue weighted by Gasteiger charge is 2.17. The second-order valence-corrected chi connectivity index (χ2v) is 3.30. The molecule has 0 aliphatic carbocycles. The minimum absolute atomic E-state index is 0.309. The van der Waals surface area contributed by atoms with Crippen LogP contribution in [0.1, 0.15) is 12.8 Å². The fraction of sp³-hybridized carbons (Fsp3) is 0.556. The Balaban J connectivity index is 2.04. The molecule has 1 aliphatic heterocycles. The molecule has 0 radical (unpaired) electrons. The Morgan fingerprint density at radius 1 is 1.58 bits per heavy atom. The van der Waals surface area contributed by atoms with Crippen molar-refractivity contribution in [2.45, 2.75) is 18.9 Å². The van der Waals surface area contributed by atoms with Gasteiger partial charge in [0.25, 0.3) is 0 Å². The summed E-state index contributed by atoms with van der Waals surface area (Å²) in [6.45, 7) is 1.99. The van der Waals surface area contributed by atoms with Gasteiger partial charge in [-0.25, -0.2) is 0 Å². The lowest BCUT2D eigenvalue weighted by Gasteiger charge is -2.30. The number of nitrogens with two attached hydrogens (primary N) is 1. The van der Waals surface area contributed by atoms with Crippen LogP contribution < -0.4 is 10.6 Å². The maximum Gasteiger partial charge on any atom is 0.195 e. The Morgan fingerprint density at radius 2 is 2.50 bits per heavy atom. The maximum absolute atomic E-state index is 5.85. The summed E-state index contributed by atoms with van der Waals surface area (Å²) in [6, 6.07) is 4.21. The number of hydrogen-bond acceptors (Lipinski definition) is 3. The van der Waals surface area contributed by atoms with Gasteiger partial charge in [-0.1, -0.05) is 0 Å². The highest BCUT2D eigenvalue weighted by Crippen LogP contribution is 2.18. The Hall–Kier alpha value is -0.960. The molecular formula is C9H14N2O. The Morgan fingerprint density at radius 3 is 3.17 bits per heavy atom. The number of nitrogens with zero attached hydrogens (tertiary/aromatic N) is 1. The first kappa shape index (κ1) is 7.68. The van der Waals surface area contributed by atoms with Gasteiger partial charge in [-0.2, -0.15) is 0 Å². The third kappa shape index (κ3) is 1.46. The molecular weight excluding hydrogens is 152 g/mol. The van der Waals surface area contributed by atoms with Crippen molar-refractivity contribution in [2.75, 3.05) is 18.0 Å². The average Bonchev–Trinajstić information content (AvgIpc) is 2.56. The zero-order valence-corrected chi connectivity index (χ0v) is 7.07. The van der Waals surface area contributed by atoms with Crippen molar-refractivity contribution in [2.24, 2.45) is 5.73 Å². The van der Waals surface area contributed by atoms with Crippen LogP contribution >= 0.6 is 0 Å². The largest absolute Gasteiger partial charge is 0.449 e. The summed E-state index contributed by atoms with van der Waals surface area (Å²) in [5, 5.41) is 0. The van der Waals surface area contributed by atoms with Gasteiger partial charge in [-0.15, -0.1) is 0 Å². The van der Waals surface area contributed by atoms with Crippen LogP contribution in [0.2, 0.25) is 0 Å². The summed E-state index contributed by atoms with van der Waals surface area (Å²) in [4.78, 5) is 2.20. The second kappa shape index (κ2) is 3.19. The number of anilines is 1. The van der Waals surface area contributed by atoms with Gasteiger partial charge in [0.15, 0.2) is 5.88 Å². The lowest BCUT2D eigenvalue weighted by Crippen LogP contribution is -2.42. The molecule has 1 fully saturated rings. The van der Waals surface area contributed by atoms with Crippen molar-refractivity contribution < 1.29 is 4.42 Å². The molecule has 1 unspecified atom stereocenters. The van der Waals surface area contributed by atoms with Crippen LogP contribution in [0.5, 0.6) is 0 Å². The Labute approximate surface area is 72.1 Å². The highest BCUT2D eigenvalue weighted by molar-refractivity contribution is 5.35. The van der Waals surface area contributed by atoms with Gasteiger partial charge < -0.3 is 15.1 Å². The van der Waals surface area contributed by atoms with Crippen LogP contribution in [0, 0.1) is 0 Å². The Kier molecular flexibility index (Phi) is 2.04. The summed E-state index contributed by atoms with van der Waals surface area (Å²) < 4.78 is 5.29. The molecule has 3 heteroatoms. The number of furan rings is 1. The van der Waals surface area contributed by atoms with E-state index in [1.54, 1.807) is 6.26 Å². The topological polar surface area (TPSA) is 42.4 Å². The van der Waals surface area contributed by atoms with Gasteiger partial charge >= 0.3 is 0 Å². The van der Waals surface area contributed by atoms with Gasteiger partial charge in [-0.3, -0.25) is 0 Å². The van der Waals surface area contributed by atoms with Gasteiger partial charge in [0.2, 0.25) is 0 Å². The lowest BCUT2D eigenvalue weighted by atomic mass is 10.1. The lowest BCUT2D eigenvalue weighted by molar-refractivity contribution is 0.464. The highest BCUT2D eigenvalue weighted by atomic mass is 16.3. The molecule has 0 spiro atoms. The average molecular weight is 166 g/mol. The van der Waals surface area contributed by atoms with Crippen LogP contribution in [-0.4, -0.2) is 19.1 Å². The van der Waals surface area contributed by atoms with E-state index in [1.165, 1.54) is 6.42 Å². The number of rotatable bonds is 1. The molecule has 0 bridgehead atoms. The molecule has 2 rings (SSSR count). The normalized spacial score (nSPS) is 24.4. The summed E-state index contributed by atoms with van der Waals surface area (Å²) in [6.07, 6.45) is 4.01. The van der Waals surface area contributed by atoms with E-state index in [1.807, 2.05) is 12.1 Å². The zero-order chi connectivity index (χ0) is 8.39. The van der Waals surface area contributed by atoms with Crippen molar-refractivity contribution in [3.63, 3.8) is 0 Å². The summed E-state index contributed by atoms with van der Waals surface area (Å²) >= 11 is 0. The molecule has 2 N–H and O–H groups in total. The molecule has 1 aliphatic rings. The van der Waals surface area contributed by atoms with E-state index in [-0.39, 0.29) is 0 Å². The molecule has 3 nitrogen and oxygen atoms in total. The van der Waals surface area contributed by atoms with E-state index in [4.69, 9.17) is 10.2 Å². The third-order valence-electron chi connectivity index (χ3n) is 2.28. The van der Waals surface area contributed by atoms with E-state index in [9.17, 15) is 0 Å². The first-order valence-electron chi connectivity index (χ1n) is 4.40. The maximum atomic E-state index is 5.85. The third-order valence-corrected chi connectivity index (χ3v) is 2.28. The van der Waals surface area contributed by atoms with Crippen molar-refractivity contribution in [3.8, 4) is 0 Å². The fourth-order valence-corrected chi connectivity index (χ4v) is 1.66. The van der Waals surface area contributed by atoms with Crippen LogP contribution in [0.3, 0.4) is 0 Å². The van der Waals surface area contributed by atoms with E-state index >= 15 is 0 Å². The SMILES string of the molecule is NC1CCCN(c2ccco2)C1. The molecule has 66 valence electrons. The van der Waals surface area contributed by atoms with Crippen LogP contribution in [0.25, 0.3) is 0 Å². The molecule has 1 aromatic heterocycles. The predicted molar refractivity (Wildman–Crippen MR) is 48.1 cm³/mol. The van der Waals surface area contributed by atoms with Crippen molar-refractivity contribution in [1.29, 1.82) is 0 Å². The molecule has 2 heterocycles. The van der Waals surface area contributed by atoms with Gasteiger partial charge in [0.05, 0.1) is 6.26 Å². The van der Waals surface area contributed by atoms with E-state index < -0.39 is 0 Å². The molecule has 0 aromatic carbocycles. The molecule has 12 heavy (non-hydrogen) atoms. The monoisotopic (exact) mass is 166 g/mol. The zero-order valence-electron chi connectivity index (χ0n) is 7.07. The minimum Gasteiger partial charge on any atom is -0.449 e. The molecule has 1 aromatic rings.